The Morgan fingerprint density at radius 1 is 1.00 bits per heavy atom. The van der Waals surface area contributed by atoms with Gasteiger partial charge in [-0.05, 0) is 112 Å². The first kappa shape index (κ1) is 29.4. The van der Waals surface area contributed by atoms with E-state index in [0.29, 0.717) is 11.4 Å². The second-order valence-electron chi connectivity index (χ2n) is 12.4. The maximum atomic E-state index is 13.3. The van der Waals surface area contributed by atoms with Crippen LogP contribution in [0.2, 0.25) is 0 Å². The van der Waals surface area contributed by atoms with Crippen LogP contribution >= 0.6 is 0 Å². The van der Waals surface area contributed by atoms with Crippen LogP contribution in [0, 0.1) is 5.92 Å². The lowest BCUT2D eigenvalue weighted by Gasteiger charge is -2.29. The number of carbonyl (C=O) groups is 1. The number of aliphatic hydroxyl groups is 1. The summed E-state index contributed by atoms with van der Waals surface area (Å²) in [6, 6.07) is 12.1. The molecule has 1 amide bonds. The van der Waals surface area contributed by atoms with E-state index in [0.717, 1.165) is 84.5 Å². The molecule has 9 heteroatoms. The normalized spacial score (nSPS) is 19.0. The maximum Gasteiger partial charge on any atom is 0.276 e. The van der Waals surface area contributed by atoms with E-state index in [1.54, 1.807) is 6.20 Å². The van der Waals surface area contributed by atoms with E-state index >= 15 is 0 Å². The number of likely N-dealkylation sites (tertiary alicyclic amines) is 2. The Bertz CT molecular complexity index is 1510. The first-order valence-corrected chi connectivity index (χ1v) is 15.8. The summed E-state index contributed by atoms with van der Waals surface area (Å²) < 4.78 is 0. The van der Waals surface area contributed by atoms with Gasteiger partial charge < -0.3 is 15.3 Å². The van der Waals surface area contributed by atoms with Crippen molar-refractivity contribution in [1.29, 1.82) is 0 Å². The molecule has 4 aromatic rings. The van der Waals surface area contributed by atoms with Crippen molar-refractivity contribution in [3.63, 3.8) is 0 Å². The number of hydrogen-bond acceptors (Lipinski definition) is 7. The van der Waals surface area contributed by atoms with Crippen molar-refractivity contribution in [2.75, 3.05) is 38.5 Å². The van der Waals surface area contributed by atoms with Gasteiger partial charge >= 0.3 is 0 Å². The molecule has 1 aromatic carbocycles. The van der Waals surface area contributed by atoms with E-state index in [1.165, 1.54) is 38.8 Å². The number of hydrogen-bond donors (Lipinski definition) is 3. The lowest BCUT2D eigenvalue weighted by Crippen LogP contribution is -2.35. The van der Waals surface area contributed by atoms with Gasteiger partial charge in [0.15, 0.2) is 5.69 Å². The summed E-state index contributed by atoms with van der Waals surface area (Å²) in [6.45, 7) is 5.02. The van der Waals surface area contributed by atoms with Gasteiger partial charge in [-0.1, -0.05) is 12.5 Å². The third-order valence-corrected chi connectivity index (χ3v) is 9.07. The van der Waals surface area contributed by atoms with Crippen LogP contribution in [0.1, 0.15) is 66.7 Å². The third kappa shape index (κ3) is 7.65. The molecule has 0 spiro atoms. The molecule has 6 rings (SSSR count). The van der Waals surface area contributed by atoms with Crippen molar-refractivity contribution < 1.29 is 9.90 Å². The zero-order valence-corrected chi connectivity index (χ0v) is 25.1. The van der Waals surface area contributed by atoms with Crippen molar-refractivity contribution in [2.24, 2.45) is 5.92 Å². The van der Waals surface area contributed by atoms with Crippen molar-refractivity contribution >= 4 is 22.5 Å². The van der Waals surface area contributed by atoms with Crippen LogP contribution in [0.15, 0.2) is 55.0 Å². The fraction of sp³-hybridized carbons (Fsp3) is 0.471. The number of aromatic amines is 1. The zero-order chi connectivity index (χ0) is 29.6. The number of nitrogens with zero attached hydrogens (tertiary/aromatic N) is 5. The Kier molecular flexibility index (Phi) is 9.41. The van der Waals surface area contributed by atoms with Crippen LogP contribution in [-0.4, -0.2) is 80.3 Å². The predicted molar refractivity (Wildman–Crippen MR) is 170 cm³/mol. The minimum absolute atomic E-state index is 0.183. The number of nitrogens with one attached hydrogen (secondary N) is 2. The largest absolute Gasteiger partial charge is 0.393 e. The fourth-order valence-corrected chi connectivity index (χ4v) is 6.44. The summed E-state index contributed by atoms with van der Waals surface area (Å²) in [5.41, 5.74) is 5.99. The second kappa shape index (κ2) is 13.8. The van der Waals surface area contributed by atoms with Crippen molar-refractivity contribution in [3.05, 3.63) is 71.9 Å². The van der Waals surface area contributed by atoms with E-state index in [9.17, 15) is 9.90 Å². The van der Waals surface area contributed by atoms with Gasteiger partial charge in [-0.3, -0.25) is 24.8 Å². The number of carbonyl (C=O) groups excluding carboxylic acids is 1. The Morgan fingerprint density at radius 2 is 1.88 bits per heavy atom. The minimum atomic E-state index is -0.268. The van der Waals surface area contributed by atoms with Gasteiger partial charge in [0, 0.05) is 48.7 Å². The number of H-pyrrole nitrogens is 1. The minimum Gasteiger partial charge on any atom is -0.393 e. The Balaban J connectivity index is 1.07. The highest BCUT2D eigenvalue weighted by Gasteiger charge is 2.19. The number of aryl methyl sites for hydroxylation is 1. The monoisotopic (exact) mass is 581 g/mol. The van der Waals surface area contributed by atoms with Gasteiger partial charge in [-0.25, -0.2) is 0 Å². The average molecular weight is 582 g/mol. The van der Waals surface area contributed by atoms with E-state index in [-0.39, 0.29) is 12.0 Å². The molecule has 2 saturated heterocycles. The fourth-order valence-electron chi connectivity index (χ4n) is 6.44. The van der Waals surface area contributed by atoms with Gasteiger partial charge in [0.2, 0.25) is 0 Å². The average Bonchev–Trinajstić information content (AvgIpc) is 3.34. The number of piperidine rings is 1. The highest BCUT2D eigenvalue weighted by atomic mass is 16.3. The summed E-state index contributed by atoms with van der Waals surface area (Å²) in [7, 11) is 2.22. The smallest absolute Gasteiger partial charge is 0.276 e. The number of amides is 1. The maximum absolute atomic E-state index is 13.3. The van der Waals surface area contributed by atoms with Gasteiger partial charge in [0.1, 0.15) is 0 Å². The molecule has 0 aliphatic carbocycles. The summed E-state index contributed by atoms with van der Waals surface area (Å²) in [5, 5.41) is 20.9. The summed E-state index contributed by atoms with van der Waals surface area (Å²) >= 11 is 0. The SMILES string of the molecule is CN1CCCC(CCCc2ccc(NC(=O)c3n[nH]c4ccc(-c5cncc(CN6CCC(O)CC6)c5)cc34)cn2)CC1. The molecule has 1 atom stereocenters. The molecule has 0 radical (unpaired) electrons. The summed E-state index contributed by atoms with van der Waals surface area (Å²) in [4.78, 5) is 27.2. The van der Waals surface area contributed by atoms with Crippen LogP contribution in [0.5, 0.6) is 0 Å². The number of fused-ring (bicyclic) bond motifs is 1. The molecule has 5 heterocycles. The molecule has 0 saturated carbocycles. The topological polar surface area (TPSA) is 110 Å². The summed E-state index contributed by atoms with van der Waals surface area (Å²) in [6.07, 6.45) is 14.2. The molecule has 1 unspecified atom stereocenters. The Labute approximate surface area is 253 Å². The number of benzene rings is 1. The van der Waals surface area contributed by atoms with E-state index < -0.39 is 0 Å². The lowest BCUT2D eigenvalue weighted by molar-refractivity contribution is 0.0792. The molecule has 2 aliphatic rings. The van der Waals surface area contributed by atoms with Gasteiger partial charge in [0.25, 0.3) is 5.91 Å². The van der Waals surface area contributed by atoms with Crippen molar-refractivity contribution in [1.82, 2.24) is 30.0 Å². The van der Waals surface area contributed by atoms with Crippen LogP contribution < -0.4 is 5.32 Å². The first-order chi connectivity index (χ1) is 21.0. The molecule has 0 bridgehead atoms. The number of pyridine rings is 2. The van der Waals surface area contributed by atoms with E-state index in [1.807, 2.05) is 42.7 Å². The molecular weight excluding hydrogens is 538 g/mol. The molecule has 3 aromatic heterocycles. The van der Waals surface area contributed by atoms with Crippen LogP contribution in [0.4, 0.5) is 5.69 Å². The number of rotatable bonds is 9. The van der Waals surface area contributed by atoms with Gasteiger partial charge in [-0.15, -0.1) is 0 Å². The molecule has 9 nitrogen and oxygen atoms in total. The molecule has 3 N–H and O–H groups in total. The molecule has 43 heavy (non-hydrogen) atoms. The highest BCUT2D eigenvalue weighted by molar-refractivity contribution is 6.11. The lowest BCUT2D eigenvalue weighted by atomic mass is 9.94. The van der Waals surface area contributed by atoms with Crippen molar-refractivity contribution in [3.8, 4) is 11.1 Å². The zero-order valence-electron chi connectivity index (χ0n) is 25.1. The quantitative estimate of drug-likeness (QED) is 0.247. The van der Waals surface area contributed by atoms with E-state index in [2.05, 4.69) is 48.4 Å². The number of aromatic nitrogens is 4. The predicted octanol–water partition coefficient (Wildman–Crippen LogP) is 5.28. The van der Waals surface area contributed by atoms with Crippen molar-refractivity contribution in [2.45, 2.75) is 64.0 Å². The van der Waals surface area contributed by atoms with Crippen LogP contribution in [0.3, 0.4) is 0 Å². The third-order valence-electron chi connectivity index (χ3n) is 9.07. The first-order valence-electron chi connectivity index (χ1n) is 15.8. The Hall–Kier alpha value is -3.66. The number of aliphatic hydroxyl groups excluding tert-OH is 1. The summed E-state index contributed by atoms with van der Waals surface area (Å²) in [5.74, 6) is 0.554. The van der Waals surface area contributed by atoms with Crippen LogP contribution in [-0.2, 0) is 13.0 Å². The van der Waals surface area contributed by atoms with Gasteiger partial charge in [-0.2, -0.15) is 5.10 Å². The molecule has 226 valence electrons. The highest BCUT2D eigenvalue weighted by Crippen LogP contribution is 2.27. The second-order valence-corrected chi connectivity index (χ2v) is 12.4. The molecule has 2 fully saturated rings. The number of anilines is 1. The Morgan fingerprint density at radius 3 is 2.72 bits per heavy atom. The molecular formula is C34H43N7O2. The van der Waals surface area contributed by atoms with E-state index in [4.69, 9.17) is 0 Å². The van der Waals surface area contributed by atoms with Gasteiger partial charge in [0.05, 0.1) is 23.5 Å². The molecule has 2 aliphatic heterocycles. The standard InChI is InChI=1S/C34H43N7O2/c1-40-14-3-5-24(11-15-40)4-2-6-28-8-9-29(22-36-28)37-34(43)33-31-19-26(7-10-32(31)38-39-33)27-18-25(20-35-21-27)23-41-16-12-30(42)13-17-41/h7-10,18-22,24,30,42H,2-6,11-17,23H2,1H3,(H,37,43)(H,38,39). The van der Waals surface area contributed by atoms with Crippen LogP contribution in [0.25, 0.3) is 22.0 Å².